The van der Waals surface area contributed by atoms with Crippen molar-refractivity contribution in [3.05, 3.63) is 27.8 Å². The molecule has 1 saturated heterocycles. The van der Waals surface area contributed by atoms with Gasteiger partial charge in [-0.25, -0.2) is 4.79 Å². The van der Waals surface area contributed by atoms with E-state index < -0.39 is 34.5 Å². The molecular formula is C24H32O8. The maximum Gasteiger partial charge on any atom is 0.342 e. The summed E-state index contributed by atoms with van der Waals surface area (Å²) in [5.74, 6) is -0.170. The van der Waals surface area contributed by atoms with Gasteiger partial charge in [-0.2, -0.15) is 0 Å². The molecule has 6 atom stereocenters. The third-order valence-corrected chi connectivity index (χ3v) is 7.81. The summed E-state index contributed by atoms with van der Waals surface area (Å²) >= 11 is 0. The molecule has 0 N–H and O–H groups in total. The molecule has 8 heteroatoms. The van der Waals surface area contributed by atoms with Crippen LogP contribution in [-0.4, -0.2) is 42.5 Å². The summed E-state index contributed by atoms with van der Waals surface area (Å²) in [5, 5.41) is 0. The molecular weight excluding hydrogens is 416 g/mol. The zero-order valence-electron chi connectivity index (χ0n) is 19.8. The molecule has 1 saturated carbocycles. The summed E-state index contributed by atoms with van der Waals surface area (Å²) in [5.41, 5.74) is -1.97. The molecule has 8 nitrogen and oxygen atoms in total. The van der Waals surface area contributed by atoms with Crippen molar-refractivity contribution >= 4 is 11.9 Å². The van der Waals surface area contributed by atoms with Gasteiger partial charge in [0.25, 0.3) is 0 Å². The second kappa shape index (κ2) is 7.33. The number of carbonyl (C=O) groups is 2. The normalized spacial score (nSPS) is 36.8. The lowest BCUT2D eigenvalue weighted by molar-refractivity contribution is -0.190. The van der Waals surface area contributed by atoms with E-state index >= 15 is 0 Å². The molecule has 1 aromatic rings. The van der Waals surface area contributed by atoms with Crippen LogP contribution >= 0.6 is 0 Å². The van der Waals surface area contributed by atoms with Gasteiger partial charge >= 0.3 is 17.6 Å². The molecule has 3 heterocycles. The van der Waals surface area contributed by atoms with Gasteiger partial charge < -0.3 is 23.4 Å². The van der Waals surface area contributed by atoms with Gasteiger partial charge in [0.05, 0.1) is 30.8 Å². The van der Waals surface area contributed by atoms with Crippen LogP contribution in [0.1, 0.15) is 58.8 Å². The second-order valence-corrected chi connectivity index (χ2v) is 10.3. The second-order valence-electron chi connectivity index (χ2n) is 10.3. The summed E-state index contributed by atoms with van der Waals surface area (Å²) in [6.07, 6.45) is -0.0412. The summed E-state index contributed by atoms with van der Waals surface area (Å²) in [6, 6.07) is 1.73. The Kier molecular flexibility index (Phi) is 5.23. The molecule has 4 rings (SSSR count). The number of hydrogen-bond acceptors (Lipinski definition) is 8. The average Bonchev–Trinajstić information content (AvgIpc) is 2.85. The quantitative estimate of drug-likeness (QED) is 0.651. The van der Waals surface area contributed by atoms with Crippen molar-refractivity contribution in [2.75, 3.05) is 7.11 Å². The number of esters is 2. The van der Waals surface area contributed by atoms with Gasteiger partial charge in [-0.05, 0) is 34.1 Å². The Hall–Kier alpha value is -2.35. The van der Waals surface area contributed by atoms with E-state index in [0.717, 1.165) is 0 Å². The van der Waals surface area contributed by atoms with Crippen molar-refractivity contribution in [3.8, 4) is 5.75 Å². The van der Waals surface area contributed by atoms with Gasteiger partial charge in [-0.15, -0.1) is 0 Å². The molecule has 2 fully saturated rings. The molecule has 0 radical (unpaired) electrons. The number of fused-ring (bicyclic) bond motifs is 4. The molecule has 0 bridgehead atoms. The average molecular weight is 449 g/mol. The molecule has 1 aromatic heterocycles. The highest BCUT2D eigenvalue weighted by molar-refractivity contribution is 5.70. The van der Waals surface area contributed by atoms with Crippen molar-refractivity contribution in [1.82, 2.24) is 0 Å². The summed E-state index contributed by atoms with van der Waals surface area (Å²) in [4.78, 5) is 37.0. The van der Waals surface area contributed by atoms with Crippen molar-refractivity contribution in [3.63, 3.8) is 0 Å². The number of aryl methyl sites for hydroxylation is 1. The minimum Gasteiger partial charge on any atom is -0.486 e. The predicted molar refractivity (Wildman–Crippen MR) is 113 cm³/mol. The largest absolute Gasteiger partial charge is 0.486 e. The van der Waals surface area contributed by atoms with Crippen LogP contribution in [0, 0.1) is 24.2 Å². The van der Waals surface area contributed by atoms with Crippen LogP contribution in [0.2, 0.25) is 0 Å². The van der Waals surface area contributed by atoms with E-state index in [-0.39, 0.29) is 30.2 Å². The standard InChI is InChI=1S/C24H32O8/c1-12-8-15-14(21(27)29-12)9-17-23(5,31-15)11-16(30-13(2)25)20-22(3,4)32-18(24(17,20)6)10-19(26)28-7/h8,16-18,20H,9-11H2,1-7H3/t16-,17+,18+,20+,23-,24+/m1/s1. The van der Waals surface area contributed by atoms with Crippen LogP contribution in [0.25, 0.3) is 0 Å². The Labute approximate surface area is 187 Å². The van der Waals surface area contributed by atoms with E-state index in [1.807, 2.05) is 20.8 Å². The zero-order chi connectivity index (χ0) is 23.6. The van der Waals surface area contributed by atoms with Gasteiger partial charge in [-0.3, -0.25) is 9.59 Å². The Bertz CT molecular complexity index is 1010. The van der Waals surface area contributed by atoms with Crippen molar-refractivity contribution in [2.45, 2.75) is 84.2 Å². The topological polar surface area (TPSA) is 101 Å². The number of hydrogen-bond donors (Lipinski definition) is 0. The van der Waals surface area contributed by atoms with E-state index in [2.05, 4.69) is 6.92 Å². The predicted octanol–water partition coefficient (Wildman–Crippen LogP) is 2.96. The first-order valence-electron chi connectivity index (χ1n) is 11.1. The molecule has 0 amide bonds. The van der Waals surface area contributed by atoms with Crippen LogP contribution in [0.3, 0.4) is 0 Å². The fraction of sp³-hybridized carbons (Fsp3) is 0.708. The lowest BCUT2D eigenvalue weighted by atomic mass is 9.49. The Balaban J connectivity index is 1.88. The lowest BCUT2D eigenvalue weighted by Gasteiger charge is -2.59. The summed E-state index contributed by atoms with van der Waals surface area (Å²) < 4.78 is 29.1. The molecule has 1 aliphatic carbocycles. The molecule has 0 spiro atoms. The van der Waals surface area contributed by atoms with E-state index in [1.165, 1.54) is 14.0 Å². The van der Waals surface area contributed by atoms with Crippen LogP contribution in [0.15, 0.2) is 15.3 Å². The molecule has 32 heavy (non-hydrogen) atoms. The van der Waals surface area contributed by atoms with Gasteiger partial charge in [0.2, 0.25) is 0 Å². The van der Waals surface area contributed by atoms with Gasteiger partial charge in [-0.1, -0.05) is 6.92 Å². The minimum absolute atomic E-state index is 0.0572. The molecule has 176 valence electrons. The number of ether oxygens (including phenoxy) is 4. The molecule has 2 aliphatic heterocycles. The van der Waals surface area contributed by atoms with Crippen LogP contribution in [-0.2, 0) is 30.2 Å². The third kappa shape index (κ3) is 3.34. The zero-order valence-corrected chi connectivity index (χ0v) is 19.8. The first-order chi connectivity index (χ1) is 14.8. The maximum atomic E-state index is 12.7. The van der Waals surface area contributed by atoms with E-state index in [9.17, 15) is 14.4 Å². The number of carbonyl (C=O) groups excluding carboxylic acids is 2. The molecule has 0 aromatic carbocycles. The smallest absolute Gasteiger partial charge is 0.342 e. The third-order valence-electron chi connectivity index (χ3n) is 7.81. The first kappa shape index (κ1) is 22.8. The van der Waals surface area contributed by atoms with Gasteiger partial charge in [0.1, 0.15) is 23.2 Å². The van der Waals surface area contributed by atoms with E-state index in [4.69, 9.17) is 23.4 Å². The van der Waals surface area contributed by atoms with Crippen LogP contribution in [0.4, 0.5) is 0 Å². The van der Waals surface area contributed by atoms with Crippen molar-refractivity contribution in [2.24, 2.45) is 17.3 Å². The Morgan fingerprint density at radius 3 is 2.53 bits per heavy atom. The summed E-state index contributed by atoms with van der Waals surface area (Å²) in [7, 11) is 1.35. The number of rotatable bonds is 3. The fourth-order valence-corrected chi connectivity index (χ4v) is 6.83. The molecule has 0 unspecified atom stereocenters. The minimum atomic E-state index is -0.739. The molecule has 3 aliphatic rings. The van der Waals surface area contributed by atoms with Crippen LogP contribution < -0.4 is 10.4 Å². The van der Waals surface area contributed by atoms with E-state index in [1.54, 1.807) is 13.0 Å². The van der Waals surface area contributed by atoms with Crippen LogP contribution in [0.5, 0.6) is 5.75 Å². The fourth-order valence-electron chi connectivity index (χ4n) is 6.83. The maximum absolute atomic E-state index is 12.7. The Morgan fingerprint density at radius 2 is 1.91 bits per heavy atom. The highest BCUT2D eigenvalue weighted by Crippen LogP contribution is 2.65. The highest BCUT2D eigenvalue weighted by atomic mass is 16.6. The highest BCUT2D eigenvalue weighted by Gasteiger charge is 2.71. The first-order valence-corrected chi connectivity index (χ1v) is 11.1. The van der Waals surface area contributed by atoms with Gasteiger partial charge in [0, 0.05) is 36.7 Å². The van der Waals surface area contributed by atoms with Crippen molar-refractivity contribution in [1.29, 1.82) is 0 Å². The van der Waals surface area contributed by atoms with Gasteiger partial charge in [0.15, 0.2) is 0 Å². The Morgan fingerprint density at radius 1 is 1.22 bits per heavy atom. The summed E-state index contributed by atoms with van der Waals surface area (Å²) in [6.45, 7) is 11.1. The van der Waals surface area contributed by atoms with E-state index in [0.29, 0.717) is 29.9 Å². The monoisotopic (exact) mass is 448 g/mol. The lowest BCUT2D eigenvalue weighted by Crippen LogP contribution is -2.66. The van der Waals surface area contributed by atoms with Crippen molar-refractivity contribution < 1.29 is 33.0 Å². The SMILES string of the molecule is COC(=O)C[C@@H]1OC(C)(C)[C@@H]2[C@H](OC(C)=O)C[C@@]3(C)Oc4cc(C)oc(=O)c4C[C@@H]3[C@@]12C. The number of methoxy groups -OCH3 is 1.